The number of hydrogen-bond acceptors (Lipinski definition) is 8. The minimum absolute atomic E-state index is 0.107. The highest BCUT2D eigenvalue weighted by Gasteiger charge is 2.44. The normalized spacial score (nSPS) is 18.9. The third-order valence-electron chi connectivity index (χ3n) is 6.15. The number of thiophene rings is 1. The van der Waals surface area contributed by atoms with E-state index in [1.54, 1.807) is 28.5 Å². The summed E-state index contributed by atoms with van der Waals surface area (Å²) < 4.78 is 16.9. The number of carbonyl (C=O) groups is 2. The van der Waals surface area contributed by atoms with Crippen LogP contribution >= 0.6 is 11.3 Å². The average Bonchev–Trinajstić information content (AvgIpc) is 3.49. The molecule has 3 heterocycles. The van der Waals surface area contributed by atoms with Gasteiger partial charge in [0.05, 0.1) is 42.9 Å². The molecule has 188 valence electrons. The van der Waals surface area contributed by atoms with Crippen molar-refractivity contribution in [2.75, 3.05) is 52.6 Å². The molecule has 1 N–H and O–H groups in total. The van der Waals surface area contributed by atoms with Gasteiger partial charge in [-0.1, -0.05) is 12.1 Å². The van der Waals surface area contributed by atoms with Crippen LogP contribution in [0.5, 0.6) is 11.5 Å². The molecule has 0 saturated carbocycles. The molecule has 35 heavy (non-hydrogen) atoms. The van der Waals surface area contributed by atoms with E-state index in [4.69, 9.17) is 14.2 Å². The van der Waals surface area contributed by atoms with Crippen molar-refractivity contribution < 1.29 is 28.9 Å². The third kappa shape index (κ3) is 5.52. The Balaban J connectivity index is 1.66. The zero-order valence-electron chi connectivity index (χ0n) is 20.2. The van der Waals surface area contributed by atoms with Crippen molar-refractivity contribution in [3.05, 3.63) is 57.5 Å². The molecular formula is C26H32N2O6S. The average molecular weight is 501 g/mol. The third-order valence-corrected chi connectivity index (χ3v) is 7.02. The highest BCUT2D eigenvalue weighted by atomic mass is 32.1. The number of ketones is 1. The Bertz CT molecular complexity index is 1060. The van der Waals surface area contributed by atoms with Crippen molar-refractivity contribution in [2.24, 2.45) is 0 Å². The number of Topliss-reactive ketones (excluding diaryl/α,β-unsaturated/α-hetero) is 1. The smallest absolute Gasteiger partial charge is 0.290 e. The predicted molar refractivity (Wildman–Crippen MR) is 133 cm³/mol. The van der Waals surface area contributed by atoms with Gasteiger partial charge >= 0.3 is 0 Å². The summed E-state index contributed by atoms with van der Waals surface area (Å²) in [6.45, 7) is 9.06. The number of aliphatic hydroxyl groups is 1. The van der Waals surface area contributed by atoms with Gasteiger partial charge in [-0.25, -0.2) is 0 Å². The molecule has 2 aromatic rings. The van der Waals surface area contributed by atoms with Gasteiger partial charge in [-0.05, 0) is 49.4 Å². The summed E-state index contributed by atoms with van der Waals surface area (Å²) >= 11 is 1.29. The lowest BCUT2D eigenvalue weighted by Crippen LogP contribution is -2.39. The maximum absolute atomic E-state index is 13.4. The molecule has 1 amide bonds. The minimum Gasteiger partial charge on any atom is -0.503 e. The second-order valence-corrected chi connectivity index (χ2v) is 9.30. The molecule has 0 aliphatic carbocycles. The summed E-state index contributed by atoms with van der Waals surface area (Å²) in [5.41, 5.74) is 0.802. The van der Waals surface area contributed by atoms with Crippen LogP contribution in [0.15, 0.2) is 47.0 Å². The Morgan fingerprint density at radius 1 is 1.11 bits per heavy atom. The number of benzene rings is 1. The fraction of sp³-hybridized carbons (Fsp3) is 0.462. The number of nitrogens with zero attached hydrogens (tertiary/aromatic N) is 2. The highest BCUT2D eigenvalue weighted by Crippen LogP contribution is 2.42. The number of ether oxygens (including phenoxy) is 3. The lowest BCUT2D eigenvalue weighted by atomic mass is 9.95. The van der Waals surface area contributed by atoms with Gasteiger partial charge in [-0.2, -0.15) is 0 Å². The highest BCUT2D eigenvalue weighted by molar-refractivity contribution is 7.12. The Labute approximate surface area is 209 Å². The van der Waals surface area contributed by atoms with Crippen molar-refractivity contribution >= 4 is 23.0 Å². The van der Waals surface area contributed by atoms with Crippen LogP contribution in [-0.4, -0.2) is 79.2 Å². The summed E-state index contributed by atoms with van der Waals surface area (Å²) in [5.74, 6) is -0.198. The first-order chi connectivity index (χ1) is 17.0. The fourth-order valence-electron chi connectivity index (χ4n) is 4.53. The summed E-state index contributed by atoms with van der Waals surface area (Å²) in [7, 11) is 0. The van der Waals surface area contributed by atoms with E-state index in [0.717, 1.165) is 19.6 Å². The number of aliphatic hydroxyl groups excluding tert-OH is 1. The van der Waals surface area contributed by atoms with Gasteiger partial charge in [-0.3, -0.25) is 14.5 Å². The zero-order valence-corrected chi connectivity index (χ0v) is 21.0. The van der Waals surface area contributed by atoms with E-state index in [9.17, 15) is 14.7 Å². The van der Waals surface area contributed by atoms with Crippen LogP contribution in [0.2, 0.25) is 0 Å². The Morgan fingerprint density at radius 2 is 1.86 bits per heavy atom. The Hall–Kier alpha value is -2.88. The number of amides is 1. The Kier molecular flexibility index (Phi) is 8.43. The van der Waals surface area contributed by atoms with Gasteiger partial charge in [0.25, 0.3) is 5.91 Å². The molecule has 2 aliphatic heterocycles. The van der Waals surface area contributed by atoms with E-state index >= 15 is 0 Å². The molecule has 9 heteroatoms. The lowest BCUT2D eigenvalue weighted by molar-refractivity contribution is -0.129. The maximum atomic E-state index is 13.4. The van der Waals surface area contributed by atoms with Gasteiger partial charge in [0.15, 0.2) is 17.3 Å². The van der Waals surface area contributed by atoms with Gasteiger partial charge in [0.2, 0.25) is 5.78 Å². The van der Waals surface area contributed by atoms with Crippen LogP contribution in [0.3, 0.4) is 0 Å². The summed E-state index contributed by atoms with van der Waals surface area (Å²) in [5, 5.41) is 12.7. The van der Waals surface area contributed by atoms with Crippen molar-refractivity contribution in [2.45, 2.75) is 26.3 Å². The molecule has 2 aliphatic rings. The molecule has 1 fully saturated rings. The van der Waals surface area contributed by atoms with Crippen molar-refractivity contribution in [3.8, 4) is 11.5 Å². The van der Waals surface area contributed by atoms with Crippen LogP contribution in [0.25, 0.3) is 0 Å². The summed E-state index contributed by atoms with van der Waals surface area (Å²) in [6, 6.07) is 8.22. The van der Waals surface area contributed by atoms with Crippen molar-refractivity contribution in [1.29, 1.82) is 0 Å². The largest absolute Gasteiger partial charge is 0.503 e. The maximum Gasteiger partial charge on any atom is 0.290 e. The SMILES string of the molecule is CCOc1ccc([C@@H]2C(C(=O)c3cccs3)=C(O)C(=O)N2CCCN2CCOCC2)cc1OCC. The van der Waals surface area contributed by atoms with Gasteiger partial charge in [0.1, 0.15) is 0 Å². The monoisotopic (exact) mass is 500 g/mol. The van der Waals surface area contributed by atoms with E-state index in [1.165, 1.54) is 11.3 Å². The van der Waals surface area contributed by atoms with Gasteiger partial charge in [-0.15, -0.1) is 11.3 Å². The van der Waals surface area contributed by atoms with Crippen LogP contribution in [0, 0.1) is 0 Å². The zero-order chi connectivity index (χ0) is 24.8. The van der Waals surface area contributed by atoms with E-state index in [1.807, 2.05) is 26.0 Å². The quantitative estimate of drug-likeness (QED) is 0.469. The molecule has 4 rings (SSSR count). The molecular weight excluding hydrogens is 468 g/mol. The van der Waals surface area contributed by atoms with Crippen molar-refractivity contribution in [3.63, 3.8) is 0 Å². The molecule has 8 nitrogen and oxygen atoms in total. The molecule has 0 bridgehead atoms. The fourth-order valence-corrected chi connectivity index (χ4v) is 5.21. The second-order valence-electron chi connectivity index (χ2n) is 8.35. The molecule has 0 spiro atoms. The van der Waals surface area contributed by atoms with Crippen LogP contribution < -0.4 is 9.47 Å². The van der Waals surface area contributed by atoms with Gasteiger partial charge < -0.3 is 24.2 Å². The molecule has 0 unspecified atom stereocenters. The summed E-state index contributed by atoms with van der Waals surface area (Å²) in [4.78, 5) is 31.0. The predicted octanol–water partition coefficient (Wildman–Crippen LogP) is 3.85. The molecule has 0 radical (unpaired) electrons. The van der Waals surface area contributed by atoms with Crippen LogP contribution in [-0.2, 0) is 9.53 Å². The Morgan fingerprint density at radius 3 is 2.54 bits per heavy atom. The van der Waals surface area contributed by atoms with E-state index in [-0.39, 0.29) is 11.4 Å². The topological polar surface area (TPSA) is 88.5 Å². The first kappa shape index (κ1) is 25.2. The van der Waals surface area contributed by atoms with Crippen LogP contribution in [0.4, 0.5) is 0 Å². The van der Waals surface area contributed by atoms with E-state index in [0.29, 0.717) is 61.3 Å². The first-order valence-electron chi connectivity index (χ1n) is 12.1. The van der Waals surface area contributed by atoms with Crippen molar-refractivity contribution in [1.82, 2.24) is 9.80 Å². The standard InChI is InChI=1S/C26H32N2O6S/c1-3-33-19-9-8-18(17-20(19)34-4-2)23-22(24(29)21-7-5-16-35-21)25(30)26(31)28(23)11-6-10-27-12-14-32-15-13-27/h5,7-9,16-17,23,30H,3-4,6,10-15H2,1-2H3/t23-/m1/s1. The number of carbonyl (C=O) groups excluding carboxylic acids is 2. The molecule has 1 saturated heterocycles. The molecule has 1 atom stereocenters. The number of morpholine rings is 1. The second kappa shape index (κ2) is 11.7. The lowest BCUT2D eigenvalue weighted by Gasteiger charge is -2.30. The molecule has 1 aromatic heterocycles. The van der Waals surface area contributed by atoms with E-state index in [2.05, 4.69) is 4.90 Å². The number of rotatable bonds is 11. The first-order valence-corrected chi connectivity index (χ1v) is 12.9. The minimum atomic E-state index is -0.711. The van der Waals surface area contributed by atoms with Crippen LogP contribution in [0.1, 0.15) is 41.5 Å². The van der Waals surface area contributed by atoms with E-state index < -0.39 is 17.7 Å². The van der Waals surface area contributed by atoms with Gasteiger partial charge in [0, 0.05) is 26.2 Å². The number of hydrogen-bond donors (Lipinski definition) is 1. The molecule has 1 aromatic carbocycles. The summed E-state index contributed by atoms with van der Waals surface area (Å²) in [6.07, 6.45) is 0.714.